The van der Waals surface area contributed by atoms with Crippen molar-refractivity contribution in [3.63, 3.8) is 0 Å². The number of nitrogens with one attached hydrogen (secondary N) is 1. The molecule has 1 aliphatic rings. The van der Waals surface area contributed by atoms with E-state index in [-0.39, 0.29) is 12.1 Å². The highest BCUT2D eigenvalue weighted by Gasteiger charge is 2.30. The van der Waals surface area contributed by atoms with E-state index in [9.17, 15) is 0 Å². The molecule has 1 aromatic heterocycles. The van der Waals surface area contributed by atoms with Crippen molar-refractivity contribution in [1.82, 2.24) is 10.3 Å². The Hall–Kier alpha value is -0.910. The zero-order chi connectivity index (χ0) is 14.1. The molecule has 2 heterocycles. The van der Waals surface area contributed by atoms with E-state index >= 15 is 0 Å². The van der Waals surface area contributed by atoms with Gasteiger partial charge in [0.25, 0.3) is 0 Å². The van der Waals surface area contributed by atoms with E-state index in [1.54, 1.807) is 6.20 Å². The van der Waals surface area contributed by atoms with Crippen LogP contribution in [0.5, 0.6) is 5.75 Å². The summed E-state index contributed by atoms with van der Waals surface area (Å²) in [5.41, 5.74) is 2.14. The van der Waals surface area contributed by atoms with Crippen molar-refractivity contribution in [3.8, 4) is 5.75 Å². The Morgan fingerprint density at radius 3 is 2.85 bits per heavy atom. The molecule has 0 bridgehead atoms. The number of rotatable bonds is 2. The second-order valence-electron chi connectivity index (χ2n) is 4.74. The molecule has 0 spiro atoms. The van der Waals surface area contributed by atoms with Crippen LogP contribution in [0.1, 0.15) is 29.8 Å². The maximum Gasteiger partial charge on any atom is 0.143 e. The number of aromatic nitrogens is 1. The van der Waals surface area contributed by atoms with Gasteiger partial charge >= 0.3 is 0 Å². The van der Waals surface area contributed by atoms with Gasteiger partial charge in [0.05, 0.1) is 5.69 Å². The lowest BCUT2D eigenvalue weighted by molar-refractivity contribution is 0.149. The summed E-state index contributed by atoms with van der Waals surface area (Å²) in [4.78, 5) is 4.50. The van der Waals surface area contributed by atoms with Crippen LogP contribution in [0.3, 0.4) is 0 Å². The minimum atomic E-state index is -0.0511. The molecule has 0 saturated carbocycles. The Labute approximate surface area is 135 Å². The molecule has 1 aromatic carbocycles. The third-order valence-corrected chi connectivity index (χ3v) is 4.57. The maximum atomic E-state index is 6.12. The third kappa shape index (κ3) is 2.62. The highest BCUT2D eigenvalue weighted by Crippen LogP contribution is 2.41. The average Bonchev–Trinajstić information content (AvgIpc) is 2.46. The fourth-order valence-corrected chi connectivity index (χ4v) is 3.76. The first kappa shape index (κ1) is 14.0. The zero-order valence-electron chi connectivity index (χ0n) is 10.9. The van der Waals surface area contributed by atoms with Crippen molar-refractivity contribution in [1.29, 1.82) is 0 Å². The van der Waals surface area contributed by atoms with E-state index in [2.05, 4.69) is 48.2 Å². The number of nitrogens with zero attached hydrogens (tertiary/aromatic N) is 1. The first-order chi connectivity index (χ1) is 9.69. The topological polar surface area (TPSA) is 34.2 Å². The molecule has 0 aliphatic carbocycles. The molecule has 0 saturated heterocycles. The molecule has 104 valence electrons. The number of ether oxygens (including phenoxy) is 1. The fraction of sp³-hybridized carbons (Fsp3) is 0.267. The Kier molecular flexibility index (Phi) is 4.10. The molecule has 2 aromatic rings. The molecule has 1 aliphatic heterocycles. The Morgan fingerprint density at radius 1 is 1.30 bits per heavy atom. The smallest absolute Gasteiger partial charge is 0.143 e. The van der Waals surface area contributed by atoms with Crippen LogP contribution in [0.15, 0.2) is 45.5 Å². The molecular weight excluding hydrogens is 384 g/mol. The van der Waals surface area contributed by atoms with Gasteiger partial charge in [-0.2, -0.15) is 0 Å². The lowest BCUT2D eigenvalue weighted by atomic mass is 9.95. The van der Waals surface area contributed by atoms with Crippen molar-refractivity contribution in [3.05, 3.63) is 56.7 Å². The summed E-state index contributed by atoms with van der Waals surface area (Å²) in [6.45, 7) is 0. The third-order valence-electron chi connectivity index (χ3n) is 3.50. The fourth-order valence-electron chi connectivity index (χ4n) is 2.52. The molecule has 0 radical (unpaired) electrons. The number of hydrogen-bond acceptors (Lipinski definition) is 3. The van der Waals surface area contributed by atoms with E-state index < -0.39 is 0 Å². The highest BCUT2D eigenvalue weighted by atomic mass is 79.9. The van der Waals surface area contributed by atoms with Crippen molar-refractivity contribution < 1.29 is 4.74 Å². The minimum absolute atomic E-state index is 0.0511. The summed E-state index contributed by atoms with van der Waals surface area (Å²) in [6.07, 6.45) is 2.61. The SMILES string of the molecule is CNC1CC(c2ncc(Br)cc2Br)Oc2ccccc21. The lowest BCUT2D eigenvalue weighted by Crippen LogP contribution is -2.27. The van der Waals surface area contributed by atoms with E-state index in [0.717, 1.165) is 26.8 Å². The lowest BCUT2D eigenvalue weighted by Gasteiger charge is -2.32. The Balaban J connectivity index is 1.97. The molecule has 2 atom stereocenters. The number of hydrogen-bond donors (Lipinski definition) is 1. The zero-order valence-corrected chi connectivity index (χ0v) is 14.1. The first-order valence-corrected chi connectivity index (χ1v) is 8.01. The molecule has 2 unspecified atom stereocenters. The molecule has 5 heteroatoms. The molecule has 20 heavy (non-hydrogen) atoms. The van der Waals surface area contributed by atoms with Crippen molar-refractivity contribution >= 4 is 31.9 Å². The van der Waals surface area contributed by atoms with E-state index in [4.69, 9.17) is 4.74 Å². The van der Waals surface area contributed by atoms with Crippen LogP contribution in [-0.4, -0.2) is 12.0 Å². The average molecular weight is 398 g/mol. The first-order valence-electron chi connectivity index (χ1n) is 6.43. The second kappa shape index (κ2) is 5.84. The predicted octanol–water partition coefficient (Wildman–Crippen LogP) is 4.39. The molecular formula is C15H14Br2N2O. The number of pyridine rings is 1. The number of halogens is 2. The van der Waals surface area contributed by atoms with Gasteiger partial charge in [0.15, 0.2) is 0 Å². The van der Waals surface area contributed by atoms with E-state index in [0.29, 0.717) is 0 Å². The maximum absolute atomic E-state index is 6.12. The summed E-state index contributed by atoms with van der Waals surface area (Å²) in [6, 6.07) is 10.4. The van der Waals surface area contributed by atoms with Gasteiger partial charge in [-0.25, -0.2) is 0 Å². The Bertz CT molecular complexity index is 633. The van der Waals surface area contributed by atoms with Gasteiger partial charge in [-0.15, -0.1) is 0 Å². The summed E-state index contributed by atoms with van der Waals surface area (Å²) in [5.74, 6) is 0.930. The largest absolute Gasteiger partial charge is 0.484 e. The van der Waals surface area contributed by atoms with Gasteiger partial charge < -0.3 is 10.1 Å². The molecule has 3 rings (SSSR count). The monoisotopic (exact) mass is 396 g/mol. The second-order valence-corrected chi connectivity index (χ2v) is 6.51. The van der Waals surface area contributed by atoms with Gasteiger partial charge in [0.2, 0.25) is 0 Å². The van der Waals surface area contributed by atoms with Crippen molar-refractivity contribution in [2.45, 2.75) is 18.6 Å². The van der Waals surface area contributed by atoms with Crippen LogP contribution in [0, 0.1) is 0 Å². The van der Waals surface area contributed by atoms with Gasteiger partial charge in [-0.1, -0.05) is 18.2 Å². The van der Waals surface area contributed by atoms with Crippen LogP contribution in [0.4, 0.5) is 0 Å². The molecule has 0 fully saturated rings. The minimum Gasteiger partial charge on any atom is -0.484 e. The number of benzene rings is 1. The quantitative estimate of drug-likeness (QED) is 0.815. The van der Waals surface area contributed by atoms with Crippen LogP contribution >= 0.6 is 31.9 Å². The summed E-state index contributed by atoms with van der Waals surface area (Å²) < 4.78 is 8.04. The standard InChI is InChI=1S/C15H14Br2N2O/c1-18-12-7-14(15-11(17)6-9(16)8-19-15)20-13-5-3-2-4-10(12)13/h2-6,8,12,14,18H,7H2,1H3. The normalized spacial score (nSPS) is 21.1. The van der Waals surface area contributed by atoms with Crippen molar-refractivity contribution in [2.75, 3.05) is 7.05 Å². The Morgan fingerprint density at radius 2 is 2.10 bits per heavy atom. The molecule has 0 amide bonds. The predicted molar refractivity (Wildman–Crippen MR) is 85.9 cm³/mol. The van der Waals surface area contributed by atoms with E-state index in [1.807, 2.05) is 31.3 Å². The van der Waals surface area contributed by atoms with E-state index in [1.165, 1.54) is 5.56 Å². The number of para-hydroxylation sites is 1. The van der Waals surface area contributed by atoms with Gasteiger partial charge in [0, 0.05) is 33.2 Å². The molecule has 3 nitrogen and oxygen atoms in total. The van der Waals surface area contributed by atoms with Crippen LogP contribution in [0.25, 0.3) is 0 Å². The van der Waals surface area contributed by atoms with Gasteiger partial charge in [-0.3, -0.25) is 4.98 Å². The van der Waals surface area contributed by atoms with Crippen molar-refractivity contribution in [2.24, 2.45) is 0 Å². The molecule has 1 N–H and O–H groups in total. The van der Waals surface area contributed by atoms with Crippen LogP contribution < -0.4 is 10.1 Å². The summed E-state index contributed by atoms with van der Waals surface area (Å²) in [7, 11) is 1.98. The summed E-state index contributed by atoms with van der Waals surface area (Å²) in [5, 5.41) is 3.36. The van der Waals surface area contributed by atoms with Gasteiger partial charge in [0.1, 0.15) is 11.9 Å². The van der Waals surface area contributed by atoms with Crippen LogP contribution in [0.2, 0.25) is 0 Å². The highest BCUT2D eigenvalue weighted by molar-refractivity contribution is 9.11. The summed E-state index contributed by atoms with van der Waals surface area (Å²) >= 11 is 7.00. The number of fused-ring (bicyclic) bond motifs is 1. The van der Waals surface area contributed by atoms with Crippen LogP contribution in [-0.2, 0) is 0 Å². The van der Waals surface area contributed by atoms with Gasteiger partial charge in [-0.05, 0) is 51.0 Å².